The van der Waals surface area contributed by atoms with Crippen molar-refractivity contribution in [2.75, 3.05) is 18.5 Å². The Kier molecular flexibility index (Phi) is 3.24. The van der Waals surface area contributed by atoms with E-state index in [2.05, 4.69) is 17.2 Å². The van der Waals surface area contributed by atoms with E-state index in [0.29, 0.717) is 18.3 Å². The summed E-state index contributed by atoms with van der Waals surface area (Å²) in [5, 5.41) is 3.07. The zero-order chi connectivity index (χ0) is 11.5. The van der Waals surface area contributed by atoms with Crippen LogP contribution >= 0.6 is 0 Å². The zero-order valence-electron chi connectivity index (χ0n) is 9.64. The third kappa shape index (κ3) is 2.09. The molecule has 2 unspecified atom stereocenters. The van der Waals surface area contributed by atoms with E-state index in [1.807, 2.05) is 7.05 Å². The predicted octanol–water partition coefficient (Wildman–Crippen LogP) is 1.03. The molecule has 0 bridgehead atoms. The van der Waals surface area contributed by atoms with Crippen LogP contribution in [-0.4, -0.2) is 30.5 Å². The number of hydrogen-bond donors (Lipinski definition) is 1. The summed E-state index contributed by atoms with van der Waals surface area (Å²) in [5.74, 6) is 1.23. The molecule has 1 N–H and O–H groups in total. The molecule has 1 fully saturated rings. The number of aromatic nitrogens is 1. The molecule has 1 aliphatic rings. The quantitative estimate of drug-likeness (QED) is 0.813. The van der Waals surface area contributed by atoms with Gasteiger partial charge in [0.15, 0.2) is 12.2 Å². The monoisotopic (exact) mass is 223 g/mol. The van der Waals surface area contributed by atoms with Crippen molar-refractivity contribution >= 4 is 11.7 Å². The van der Waals surface area contributed by atoms with Crippen molar-refractivity contribution in [2.24, 2.45) is 5.92 Å². The van der Waals surface area contributed by atoms with E-state index in [0.717, 1.165) is 12.8 Å². The third-order valence-corrected chi connectivity index (χ3v) is 3.09. The standard InChI is InChI=1S/C11H17N3O2/c1-8-3-4-14(10-6-16-7-13-10)11(15)9(5-8)12-2/h6-9,12H,3-5H2,1-2H3. The number of carbonyl (C=O) groups excluding carboxylic acids is 1. The first-order valence-corrected chi connectivity index (χ1v) is 5.59. The van der Waals surface area contributed by atoms with Crippen molar-refractivity contribution in [3.05, 3.63) is 12.7 Å². The smallest absolute Gasteiger partial charge is 0.245 e. The Balaban J connectivity index is 2.21. The number of carbonyl (C=O) groups is 1. The van der Waals surface area contributed by atoms with Crippen molar-refractivity contribution in [2.45, 2.75) is 25.8 Å². The van der Waals surface area contributed by atoms with Gasteiger partial charge in [-0.25, -0.2) is 0 Å². The molecule has 1 aliphatic heterocycles. The molecule has 0 spiro atoms. The van der Waals surface area contributed by atoms with Crippen LogP contribution in [0, 0.1) is 5.92 Å². The summed E-state index contributed by atoms with van der Waals surface area (Å²) in [7, 11) is 1.82. The van der Waals surface area contributed by atoms with Gasteiger partial charge in [0.05, 0.1) is 6.04 Å². The second kappa shape index (κ2) is 4.65. The van der Waals surface area contributed by atoms with Gasteiger partial charge < -0.3 is 9.73 Å². The molecule has 0 aromatic carbocycles. The normalized spacial score (nSPS) is 26.9. The average Bonchev–Trinajstić information content (AvgIpc) is 2.75. The maximum absolute atomic E-state index is 12.2. The molecule has 5 nitrogen and oxygen atoms in total. The summed E-state index contributed by atoms with van der Waals surface area (Å²) in [5.41, 5.74) is 0. The minimum Gasteiger partial charge on any atom is -0.449 e. The molecular weight excluding hydrogens is 206 g/mol. The second-order valence-electron chi connectivity index (χ2n) is 4.31. The first kappa shape index (κ1) is 11.1. The molecule has 0 radical (unpaired) electrons. The zero-order valence-corrected chi connectivity index (χ0v) is 9.64. The van der Waals surface area contributed by atoms with Crippen molar-refractivity contribution in [1.82, 2.24) is 10.3 Å². The van der Waals surface area contributed by atoms with Gasteiger partial charge in [-0.05, 0) is 25.8 Å². The van der Waals surface area contributed by atoms with E-state index < -0.39 is 0 Å². The van der Waals surface area contributed by atoms with E-state index in [1.54, 1.807) is 4.90 Å². The molecule has 16 heavy (non-hydrogen) atoms. The molecular formula is C11H17N3O2. The minimum atomic E-state index is -0.116. The van der Waals surface area contributed by atoms with Gasteiger partial charge in [0, 0.05) is 6.54 Å². The van der Waals surface area contributed by atoms with Crippen LogP contribution < -0.4 is 10.2 Å². The molecule has 1 aromatic rings. The Morgan fingerprint density at radius 2 is 2.44 bits per heavy atom. The SMILES string of the molecule is CNC1CC(C)CCN(c2cocn2)C1=O. The topological polar surface area (TPSA) is 58.4 Å². The fourth-order valence-electron chi connectivity index (χ4n) is 2.08. The maximum atomic E-state index is 12.2. The largest absolute Gasteiger partial charge is 0.449 e. The lowest BCUT2D eigenvalue weighted by molar-refractivity contribution is -0.120. The molecule has 2 rings (SSSR count). The molecule has 88 valence electrons. The molecule has 2 atom stereocenters. The van der Waals surface area contributed by atoms with Crippen LogP contribution in [-0.2, 0) is 4.79 Å². The van der Waals surface area contributed by atoms with Crippen LogP contribution in [0.25, 0.3) is 0 Å². The highest BCUT2D eigenvalue weighted by Crippen LogP contribution is 2.22. The fraction of sp³-hybridized carbons (Fsp3) is 0.636. The number of amides is 1. The van der Waals surface area contributed by atoms with E-state index in [-0.39, 0.29) is 11.9 Å². The third-order valence-electron chi connectivity index (χ3n) is 3.09. The lowest BCUT2D eigenvalue weighted by Crippen LogP contribution is -2.44. The number of hydrogen-bond acceptors (Lipinski definition) is 4. The van der Waals surface area contributed by atoms with E-state index >= 15 is 0 Å². The van der Waals surface area contributed by atoms with Gasteiger partial charge in [-0.1, -0.05) is 6.92 Å². The summed E-state index contributed by atoms with van der Waals surface area (Å²) >= 11 is 0. The lowest BCUT2D eigenvalue weighted by Gasteiger charge is -2.21. The van der Waals surface area contributed by atoms with Gasteiger partial charge in [0.25, 0.3) is 0 Å². The van der Waals surface area contributed by atoms with Gasteiger partial charge in [-0.15, -0.1) is 0 Å². The van der Waals surface area contributed by atoms with Crippen molar-refractivity contribution in [3.63, 3.8) is 0 Å². The summed E-state index contributed by atoms with van der Waals surface area (Å²) in [6, 6.07) is -0.116. The number of likely N-dealkylation sites (N-methyl/N-ethyl adjacent to an activating group) is 1. The fourth-order valence-corrected chi connectivity index (χ4v) is 2.08. The van der Waals surface area contributed by atoms with Gasteiger partial charge >= 0.3 is 0 Å². The molecule has 1 saturated heterocycles. The maximum Gasteiger partial charge on any atom is 0.245 e. The highest BCUT2D eigenvalue weighted by atomic mass is 16.3. The molecule has 2 heterocycles. The summed E-state index contributed by atoms with van der Waals surface area (Å²) in [4.78, 5) is 17.9. The second-order valence-corrected chi connectivity index (χ2v) is 4.31. The van der Waals surface area contributed by atoms with E-state index in [9.17, 15) is 4.79 Å². The Bertz CT molecular complexity index is 350. The van der Waals surface area contributed by atoms with E-state index in [4.69, 9.17) is 4.42 Å². The Hall–Kier alpha value is -1.36. The Morgan fingerprint density at radius 1 is 1.62 bits per heavy atom. The van der Waals surface area contributed by atoms with Crippen molar-refractivity contribution in [1.29, 1.82) is 0 Å². The predicted molar refractivity (Wildman–Crippen MR) is 60.1 cm³/mol. The van der Waals surface area contributed by atoms with Crippen LogP contribution in [0.2, 0.25) is 0 Å². The number of nitrogens with zero attached hydrogens (tertiary/aromatic N) is 2. The minimum absolute atomic E-state index is 0.0840. The molecule has 0 saturated carbocycles. The van der Waals surface area contributed by atoms with Crippen molar-refractivity contribution in [3.8, 4) is 0 Å². The average molecular weight is 223 g/mol. The molecule has 5 heteroatoms. The summed E-state index contributed by atoms with van der Waals surface area (Å²) in [6.45, 7) is 2.88. The van der Waals surface area contributed by atoms with Gasteiger partial charge in [-0.2, -0.15) is 4.98 Å². The van der Waals surface area contributed by atoms with Crippen LogP contribution in [0.1, 0.15) is 19.8 Å². The summed E-state index contributed by atoms with van der Waals surface area (Å²) < 4.78 is 4.93. The Labute approximate surface area is 94.8 Å². The van der Waals surface area contributed by atoms with Crippen LogP contribution in [0.3, 0.4) is 0 Å². The van der Waals surface area contributed by atoms with Gasteiger partial charge in [0.1, 0.15) is 6.26 Å². The first-order chi connectivity index (χ1) is 7.72. The van der Waals surface area contributed by atoms with Gasteiger partial charge in [-0.3, -0.25) is 9.69 Å². The van der Waals surface area contributed by atoms with Gasteiger partial charge in [0.2, 0.25) is 5.91 Å². The highest BCUT2D eigenvalue weighted by molar-refractivity contribution is 5.96. The summed E-state index contributed by atoms with van der Waals surface area (Å²) in [6.07, 6.45) is 4.74. The number of nitrogens with one attached hydrogen (secondary N) is 1. The van der Waals surface area contributed by atoms with Crippen LogP contribution in [0.15, 0.2) is 17.1 Å². The molecule has 1 amide bonds. The molecule has 0 aliphatic carbocycles. The molecule has 1 aromatic heterocycles. The first-order valence-electron chi connectivity index (χ1n) is 5.59. The van der Waals surface area contributed by atoms with Crippen LogP contribution in [0.5, 0.6) is 0 Å². The highest BCUT2D eigenvalue weighted by Gasteiger charge is 2.30. The van der Waals surface area contributed by atoms with Crippen LogP contribution in [0.4, 0.5) is 5.82 Å². The number of oxazole rings is 1. The lowest BCUT2D eigenvalue weighted by atomic mass is 10.0. The number of rotatable bonds is 2. The van der Waals surface area contributed by atoms with E-state index in [1.165, 1.54) is 12.7 Å². The Morgan fingerprint density at radius 3 is 3.06 bits per heavy atom. The number of anilines is 1. The van der Waals surface area contributed by atoms with Crippen molar-refractivity contribution < 1.29 is 9.21 Å².